The summed E-state index contributed by atoms with van der Waals surface area (Å²) in [6.45, 7) is 5.22. The smallest absolute Gasteiger partial charge is 0.338 e. The fraction of sp³-hybridized carbons (Fsp3) is 0.208. The van der Waals surface area contributed by atoms with E-state index in [9.17, 15) is 14.7 Å². The molecule has 0 bridgehead atoms. The molecule has 1 atom stereocenters. The number of rotatable bonds is 4. The monoisotopic (exact) mass is 502 g/mol. The van der Waals surface area contributed by atoms with Gasteiger partial charge in [0.05, 0.1) is 21.9 Å². The maximum absolute atomic E-state index is 13.6. The van der Waals surface area contributed by atoms with Gasteiger partial charge in [-0.2, -0.15) is 0 Å². The fourth-order valence-electron chi connectivity index (χ4n) is 3.63. The number of hydrogen-bond donors (Lipinski definition) is 1. The van der Waals surface area contributed by atoms with Gasteiger partial charge in [0.15, 0.2) is 4.80 Å². The number of carbonyl (C=O) groups excluding carboxylic acids is 1. The maximum Gasteiger partial charge on any atom is 0.338 e. The zero-order valence-corrected chi connectivity index (χ0v) is 20.3. The second-order valence-electron chi connectivity index (χ2n) is 7.76. The first-order valence-corrected chi connectivity index (χ1v) is 11.7. The summed E-state index contributed by atoms with van der Waals surface area (Å²) in [5.41, 5.74) is 1.32. The second kappa shape index (κ2) is 9.17. The highest BCUT2D eigenvalue weighted by molar-refractivity contribution is 7.07. The zero-order chi connectivity index (χ0) is 23.9. The van der Waals surface area contributed by atoms with Gasteiger partial charge in [0.25, 0.3) is 5.56 Å². The van der Waals surface area contributed by atoms with E-state index in [-0.39, 0.29) is 23.0 Å². The number of phenols is 1. The molecule has 0 saturated heterocycles. The number of ether oxygens (including phenoxy) is 1. The minimum Gasteiger partial charge on any atom is -0.507 e. The predicted molar refractivity (Wildman–Crippen MR) is 130 cm³/mol. The number of hydrogen-bond acceptors (Lipinski definition) is 6. The number of thiazole rings is 1. The number of allylic oxidation sites excluding steroid dienone is 1. The number of carbonyl (C=O) groups is 1. The quantitative estimate of drug-likeness (QED) is 0.542. The zero-order valence-electron chi connectivity index (χ0n) is 18.0. The lowest BCUT2D eigenvalue weighted by Crippen LogP contribution is -2.40. The van der Waals surface area contributed by atoms with Gasteiger partial charge in [-0.15, -0.1) is 0 Å². The van der Waals surface area contributed by atoms with E-state index in [1.807, 2.05) is 0 Å². The van der Waals surface area contributed by atoms with Crippen molar-refractivity contribution in [3.63, 3.8) is 0 Å². The first-order chi connectivity index (χ1) is 15.7. The molecule has 6 nitrogen and oxygen atoms in total. The molecule has 33 heavy (non-hydrogen) atoms. The highest BCUT2D eigenvalue weighted by atomic mass is 35.5. The van der Waals surface area contributed by atoms with Gasteiger partial charge in [-0.3, -0.25) is 9.36 Å². The van der Waals surface area contributed by atoms with Crippen LogP contribution >= 0.6 is 34.5 Å². The Morgan fingerprint density at radius 2 is 1.97 bits per heavy atom. The van der Waals surface area contributed by atoms with Crippen LogP contribution in [0.1, 0.15) is 37.9 Å². The van der Waals surface area contributed by atoms with Crippen LogP contribution in [-0.4, -0.2) is 21.7 Å². The van der Waals surface area contributed by atoms with Crippen molar-refractivity contribution in [1.82, 2.24) is 4.57 Å². The highest BCUT2D eigenvalue weighted by Crippen LogP contribution is 2.34. The maximum atomic E-state index is 13.6. The summed E-state index contributed by atoms with van der Waals surface area (Å²) < 4.78 is 7.25. The van der Waals surface area contributed by atoms with Gasteiger partial charge < -0.3 is 9.84 Å². The standard InChI is InChI=1S/C24H20Cl2N2O4S/c1-12(2)32-23(31)20-13(3)27-24-28(21(20)16-6-4-5-7-17(16)26)22(30)19(33-24)11-14-10-15(25)8-9-18(14)29/h4-12,21,29H,1-3H3. The van der Waals surface area contributed by atoms with Crippen LogP contribution in [0, 0.1) is 0 Å². The van der Waals surface area contributed by atoms with Crippen LogP contribution in [0.4, 0.5) is 0 Å². The number of aromatic hydroxyl groups is 1. The number of nitrogens with zero attached hydrogens (tertiary/aromatic N) is 2. The molecule has 0 amide bonds. The normalized spacial score (nSPS) is 16.1. The summed E-state index contributed by atoms with van der Waals surface area (Å²) in [5, 5.41) is 11.0. The van der Waals surface area contributed by atoms with Crippen molar-refractivity contribution in [3.05, 3.63) is 94.6 Å². The average Bonchev–Trinajstić information content (AvgIpc) is 3.04. The topological polar surface area (TPSA) is 80.9 Å². The fourth-order valence-corrected chi connectivity index (χ4v) is 5.09. The molecule has 0 fully saturated rings. The molecule has 0 aliphatic carbocycles. The molecule has 1 N–H and O–H groups in total. The van der Waals surface area contributed by atoms with Crippen LogP contribution in [0.5, 0.6) is 5.75 Å². The molecule has 0 saturated carbocycles. The molecule has 9 heteroatoms. The van der Waals surface area contributed by atoms with E-state index >= 15 is 0 Å². The van der Waals surface area contributed by atoms with Crippen LogP contribution in [0.25, 0.3) is 6.08 Å². The molecule has 0 spiro atoms. The molecule has 0 radical (unpaired) electrons. The largest absolute Gasteiger partial charge is 0.507 e. The molecule has 1 aromatic heterocycles. The Balaban J connectivity index is 1.99. The Morgan fingerprint density at radius 1 is 1.24 bits per heavy atom. The molecular weight excluding hydrogens is 483 g/mol. The van der Waals surface area contributed by atoms with Crippen molar-refractivity contribution in [3.8, 4) is 5.75 Å². The van der Waals surface area contributed by atoms with Crippen LogP contribution in [0.3, 0.4) is 0 Å². The van der Waals surface area contributed by atoms with Gasteiger partial charge in [-0.1, -0.05) is 52.7 Å². The van der Waals surface area contributed by atoms with Crippen molar-refractivity contribution >= 4 is 46.6 Å². The molecule has 2 heterocycles. The molecule has 4 rings (SSSR count). The van der Waals surface area contributed by atoms with Crippen molar-refractivity contribution in [2.24, 2.45) is 4.99 Å². The molecular formula is C24H20Cl2N2O4S. The van der Waals surface area contributed by atoms with Gasteiger partial charge in [0.2, 0.25) is 0 Å². The van der Waals surface area contributed by atoms with Gasteiger partial charge in [0.1, 0.15) is 11.8 Å². The van der Waals surface area contributed by atoms with E-state index in [0.717, 1.165) is 11.3 Å². The lowest BCUT2D eigenvalue weighted by molar-refractivity contribution is -0.143. The number of fused-ring (bicyclic) bond motifs is 1. The number of phenolic OH excluding ortho intramolecular Hbond substituents is 1. The van der Waals surface area contributed by atoms with Crippen LogP contribution in [-0.2, 0) is 9.53 Å². The number of aromatic nitrogens is 1. The van der Waals surface area contributed by atoms with Crippen LogP contribution in [0.2, 0.25) is 10.0 Å². The molecule has 1 aliphatic rings. The third kappa shape index (κ3) is 4.49. The minimum atomic E-state index is -0.809. The number of esters is 1. The predicted octanol–water partition coefficient (Wildman–Crippen LogP) is 4.20. The molecule has 1 unspecified atom stereocenters. The molecule has 3 aromatic rings. The Labute approximate surface area is 203 Å². The molecule has 1 aliphatic heterocycles. The van der Waals surface area contributed by atoms with E-state index in [1.54, 1.807) is 63.2 Å². The second-order valence-corrected chi connectivity index (χ2v) is 9.61. The van der Waals surface area contributed by atoms with Crippen molar-refractivity contribution in [2.75, 3.05) is 0 Å². The van der Waals surface area contributed by atoms with E-state index in [1.165, 1.54) is 10.6 Å². The van der Waals surface area contributed by atoms with Gasteiger partial charge >= 0.3 is 5.97 Å². The van der Waals surface area contributed by atoms with Crippen molar-refractivity contribution in [2.45, 2.75) is 32.9 Å². The average molecular weight is 503 g/mol. The molecule has 170 valence electrons. The summed E-state index contributed by atoms with van der Waals surface area (Å²) in [5.74, 6) is -0.566. The van der Waals surface area contributed by atoms with Gasteiger partial charge in [-0.25, -0.2) is 9.79 Å². The Hall–Kier alpha value is -2.87. The van der Waals surface area contributed by atoms with Crippen molar-refractivity contribution in [1.29, 1.82) is 0 Å². The highest BCUT2D eigenvalue weighted by Gasteiger charge is 2.34. The summed E-state index contributed by atoms with van der Waals surface area (Å²) in [4.78, 5) is 31.6. The number of benzene rings is 2. The summed E-state index contributed by atoms with van der Waals surface area (Å²) in [6.07, 6.45) is 1.21. The van der Waals surface area contributed by atoms with Crippen LogP contribution in [0.15, 0.2) is 63.5 Å². The third-order valence-corrected chi connectivity index (χ3v) is 6.62. The Bertz CT molecular complexity index is 1470. The summed E-state index contributed by atoms with van der Waals surface area (Å²) in [7, 11) is 0. The third-order valence-electron chi connectivity index (χ3n) is 5.06. The SMILES string of the molecule is CC1=C(C(=O)OC(C)C)C(c2ccccc2Cl)n2c(sc(=Cc3cc(Cl)ccc3O)c2=O)=N1. The molecule has 2 aromatic carbocycles. The van der Waals surface area contributed by atoms with Gasteiger partial charge in [-0.05, 0) is 56.7 Å². The van der Waals surface area contributed by atoms with E-state index in [2.05, 4.69) is 4.99 Å². The van der Waals surface area contributed by atoms with E-state index in [4.69, 9.17) is 27.9 Å². The Kier molecular flexibility index (Phi) is 6.47. The summed E-state index contributed by atoms with van der Waals surface area (Å²) >= 11 is 13.7. The first-order valence-electron chi connectivity index (χ1n) is 10.1. The lowest BCUT2D eigenvalue weighted by atomic mass is 9.96. The number of halogens is 2. The first kappa shape index (κ1) is 23.3. The van der Waals surface area contributed by atoms with E-state index in [0.29, 0.717) is 36.2 Å². The summed E-state index contributed by atoms with van der Waals surface area (Å²) in [6, 6.07) is 10.8. The lowest BCUT2D eigenvalue weighted by Gasteiger charge is -2.26. The minimum absolute atomic E-state index is 0.00901. The van der Waals surface area contributed by atoms with Crippen molar-refractivity contribution < 1.29 is 14.6 Å². The van der Waals surface area contributed by atoms with Crippen LogP contribution < -0.4 is 14.9 Å². The van der Waals surface area contributed by atoms with Gasteiger partial charge in [0, 0.05) is 15.6 Å². The van der Waals surface area contributed by atoms with E-state index < -0.39 is 12.0 Å². The Morgan fingerprint density at radius 3 is 2.67 bits per heavy atom.